The van der Waals surface area contributed by atoms with Gasteiger partial charge in [0.05, 0.1) is 13.2 Å². The molecule has 0 bridgehead atoms. The summed E-state index contributed by atoms with van der Waals surface area (Å²) < 4.78 is 6.85. The van der Waals surface area contributed by atoms with Gasteiger partial charge in [0.25, 0.3) is 0 Å². The van der Waals surface area contributed by atoms with E-state index in [1.54, 1.807) is 0 Å². The van der Waals surface area contributed by atoms with Crippen LogP contribution in [-0.2, 0) is 11.3 Å². The first-order valence-electron chi connectivity index (χ1n) is 7.30. The van der Waals surface area contributed by atoms with Gasteiger partial charge < -0.3 is 10.1 Å². The van der Waals surface area contributed by atoms with Crippen molar-refractivity contribution in [1.29, 1.82) is 0 Å². The highest BCUT2D eigenvalue weighted by Gasteiger charge is 2.17. The summed E-state index contributed by atoms with van der Waals surface area (Å²) in [6.07, 6.45) is 5.42. The lowest BCUT2D eigenvalue weighted by Gasteiger charge is -2.27. The standard InChI is InChI=1S/C16H24BrNO/c1-13-5-4-7-15(11-13)18-9-10-19-12-14-6-2-3-8-16(14)17/h2-3,6,8,13,15,18H,4-5,7,9-12H2,1H3. The average molecular weight is 326 g/mol. The maximum Gasteiger partial charge on any atom is 0.0728 e. The Bertz CT molecular complexity index is 383. The molecule has 0 radical (unpaired) electrons. The summed E-state index contributed by atoms with van der Waals surface area (Å²) in [7, 11) is 0. The molecule has 2 unspecified atom stereocenters. The zero-order chi connectivity index (χ0) is 13.5. The van der Waals surface area contributed by atoms with Gasteiger partial charge in [0.15, 0.2) is 0 Å². The summed E-state index contributed by atoms with van der Waals surface area (Å²) in [5.41, 5.74) is 1.22. The second kappa shape index (κ2) is 8.03. The van der Waals surface area contributed by atoms with Crippen molar-refractivity contribution in [3.05, 3.63) is 34.3 Å². The van der Waals surface area contributed by atoms with Crippen molar-refractivity contribution in [2.45, 2.75) is 45.3 Å². The normalized spacial score (nSPS) is 23.5. The third-order valence-corrected chi connectivity index (χ3v) is 4.60. The molecule has 0 aliphatic heterocycles. The van der Waals surface area contributed by atoms with Crippen molar-refractivity contribution in [1.82, 2.24) is 5.32 Å². The van der Waals surface area contributed by atoms with Crippen LogP contribution >= 0.6 is 15.9 Å². The topological polar surface area (TPSA) is 21.3 Å². The summed E-state index contributed by atoms with van der Waals surface area (Å²) in [5, 5.41) is 3.62. The number of benzene rings is 1. The third-order valence-electron chi connectivity index (χ3n) is 3.83. The van der Waals surface area contributed by atoms with E-state index in [2.05, 4.69) is 40.3 Å². The Labute approximate surface area is 125 Å². The largest absolute Gasteiger partial charge is 0.375 e. The van der Waals surface area contributed by atoms with Gasteiger partial charge in [-0.2, -0.15) is 0 Å². The van der Waals surface area contributed by atoms with E-state index >= 15 is 0 Å². The maximum atomic E-state index is 5.73. The second-order valence-electron chi connectivity index (χ2n) is 5.57. The average Bonchev–Trinajstić information content (AvgIpc) is 2.40. The lowest BCUT2D eigenvalue weighted by Crippen LogP contribution is -2.35. The zero-order valence-electron chi connectivity index (χ0n) is 11.7. The predicted molar refractivity (Wildman–Crippen MR) is 83.2 cm³/mol. The molecule has 106 valence electrons. The van der Waals surface area contributed by atoms with Gasteiger partial charge >= 0.3 is 0 Å². The third kappa shape index (κ3) is 5.25. The summed E-state index contributed by atoms with van der Waals surface area (Å²) in [4.78, 5) is 0. The van der Waals surface area contributed by atoms with Gasteiger partial charge in [0.2, 0.25) is 0 Å². The highest BCUT2D eigenvalue weighted by atomic mass is 79.9. The van der Waals surface area contributed by atoms with Crippen molar-refractivity contribution in [2.75, 3.05) is 13.2 Å². The van der Waals surface area contributed by atoms with Gasteiger partial charge in [-0.05, 0) is 30.4 Å². The number of nitrogens with one attached hydrogen (secondary N) is 1. The SMILES string of the molecule is CC1CCCC(NCCOCc2ccccc2Br)C1. The molecule has 1 N–H and O–H groups in total. The molecule has 2 nitrogen and oxygen atoms in total. The van der Waals surface area contributed by atoms with Crippen LogP contribution in [0.5, 0.6) is 0 Å². The molecule has 1 aliphatic rings. The Morgan fingerprint density at radius 2 is 2.16 bits per heavy atom. The molecule has 0 heterocycles. The fraction of sp³-hybridized carbons (Fsp3) is 0.625. The van der Waals surface area contributed by atoms with Crippen LogP contribution in [0.1, 0.15) is 38.2 Å². The van der Waals surface area contributed by atoms with Crippen LogP contribution in [0.15, 0.2) is 28.7 Å². The van der Waals surface area contributed by atoms with Crippen LogP contribution in [0.25, 0.3) is 0 Å². The lowest BCUT2D eigenvalue weighted by molar-refractivity contribution is 0.118. The molecule has 2 atom stereocenters. The Morgan fingerprint density at radius 1 is 1.32 bits per heavy atom. The first-order chi connectivity index (χ1) is 9.25. The van der Waals surface area contributed by atoms with Crippen LogP contribution in [-0.4, -0.2) is 19.2 Å². The summed E-state index contributed by atoms with van der Waals surface area (Å²) >= 11 is 3.54. The molecule has 0 spiro atoms. The summed E-state index contributed by atoms with van der Waals surface area (Å²) in [5.74, 6) is 0.882. The smallest absolute Gasteiger partial charge is 0.0728 e. The van der Waals surface area contributed by atoms with E-state index < -0.39 is 0 Å². The molecule has 2 rings (SSSR count). The fourth-order valence-electron chi connectivity index (χ4n) is 2.75. The van der Waals surface area contributed by atoms with Gasteiger partial charge in [0, 0.05) is 17.1 Å². The molecule has 19 heavy (non-hydrogen) atoms. The lowest BCUT2D eigenvalue weighted by atomic mass is 9.87. The van der Waals surface area contributed by atoms with E-state index in [4.69, 9.17) is 4.74 Å². The Morgan fingerprint density at radius 3 is 2.95 bits per heavy atom. The molecular weight excluding hydrogens is 302 g/mol. The van der Waals surface area contributed by atoms with Crippen LogP contribution in [0, 0.1) is 5.92 Å². The van der Waals surface area contributed by atoms with E-state index in [0.29, 0.717) is 12.6 Å². The van der Waals surface area contributed by atoms with E-state index in [-0.39, 0.29) is 0 Å². The summed E-state index contributed by atoms with van der Waals surface area (Å²) in [6.45, 7) is 4.79. The van der Waals surface area contributed by atoms with Crippen molar-refractivity contribution >= 4 is 15.9 Å². The van der Waals surface area contributed by atoms with Gasteiger partial charge in [-0.15, -0.1) is 0 Å². The van der Waals surface area contributed by atoms with Gasteiger partial charge in [-0.1, -0.05) is 53.9 Å². The molecule has 1 aromatic carbocycles. The van der Waals surface area contributed by atoms with Crippen LogP contribution in [0.2, 0.25) is 0 Å². The van der Waals surface area contributed by atoms with Crippen LogP contribution in [0.4, 0.5) is 0 Å². The molecular formula is C16H24BrNO. The van der Waals surface area contributed by atoms with E-state index in [1.807, 2.05) is 12.1 Å². The molecule has 1 aromatic rings. The minimum absolute atomic E-state index is 0.685. The van der Waals surface area contributed by atoms with Gasteiger partial charge in [0.1, 0.15) is 0 Å². The van der Waals surface area contributed by atoms with Crippen LogP contribution < -0.4 is 5.32 Å². The van der Waals surface area contributed by atoms with Gasteiger partial charge in [-0.25, -0.2) is 0 Å². The van der Waals surface area contributed by atoms with Crippen molar-refractivity contribution in [3.63, 3.8) is 0 Å². The molecule has 0 amide bonds. The molecule has 0 saturated heterocycles. The van der Waals surface area contributed by atoms with Gasteiger partial charge in [-0.3, -0.25) is 0 Å². The number of halogens is 1. The number of hydrogen-bond acceptors (Lipinski definition) is 2. The zero-order valence-corrected chi connectivity index (χ0v) is 13.3. The monoisotopic (exact) mass is 325 g/mol. The van der Waals surface area contributed by atoms with Crippen molar-refractivity contribution < 1.29 is 4.74 Å². The van der Waals surface area contributed by atoms with Crippen molar-refractivity contribution in [2.24, 2.45) is 5.92 Å². The quantitative estimate of drug-likeness (QED) is 0.794. The second-order valence-corrected chi connectivity index (χ2v) is 6.42. The minimum Gasteiger partial charge on any atom is -0.375 e. The molecule has 0 aromatic heterocycles. The predicted octanol–water partition coefficient (Wildman–Crippen LogP) is 4.13. The van der Waals surface area contributed by atoms with Crippen molar-refractivity contribution in [3.8, 4) is 0 Å². The minimum atomic E-state index is 0.685. The Kier molecular flexibility index (Phi) is 6.35. The van der Waals surface area contributed by atoms with E-state index in [0.717, 1.165) is 23.5 Å². The number of rotatable bonds is 6. The van der Waals surface area contributed by atoms with E-state index in [1.165, 1.54) is 31.2 Å². The first-order valence-corrected chi connectivity index (χ1v) is 8.09. The Hall–Kier alpha value is -0.380. The van der Waals surface area contributed by atoms with E-state index in [9.17, 15) is 0 Å². The molecule has 1 saturated carbocycles. The highest BCUT2D eigenvalue weighted by molar-refractivity contribution is 9.10. The number of ether oxygens (including phenoxy) is 1. The maximum absolute atomic E-state index is 5.73. The first kappa shape index (κ1) is 15.0. The molecule has 1 fully saturated rings. The Balaban J connectivity index is 1.58. The number of hydrogen-bond donors (Lipinski definition) is 1. The molecule has 1 aliphatic carbocycles. The van der Waals surface area contributed by atoms with Crippen LogP contribution in [0.3, 0.4) is 0 Å². The highest BCUT2D eigenvalue weighted by Crippen LogP contribution is 2.23. The fourth-order valence-corrected chi connectivity index (χ4v) is 3.15. The summed E-state index contributed by atoms with van der Waals surface area (Å²) in [6, 6.07) is 8.93. The molecule has 3 heteroatoms.